The molecule has 1 atom stereocenters. The van der Waals surface area contributed by atoms with E-state index in [1.165, 1.54) is 0 Å². The van der Waals surface area contributed by atoms with Crippen molar-refractivity contribution in [2.45, 2.75) is 51.5 Å². The molecule has 1 rings (SSSR count). The summed E-state index contributed by atoms with van der Waals surface area (Å²) in [5.74, 6) is -1.14. The molecule has 96 valence electrons. The summed E-state index contributed by atoms with van der Waals surface area (Å²) in [6, 6.07) is 0. The zero-order chi connectivity index (χ0) is 12.9. The Morgan fingerprint density at radius 3 is 2.41 bits per heavy atom. The summed E-state index contributed by atoms with van der Waals surface area (Å²) in [6.07, 6.45) is 7.30. The Labute approximate surface area is 102 Å². The average Bonchev–Trinajstić information content (AvgIpc) is 2.36. The third kappa shape index (κ3) is 3.08. The molecular weight excluding hydrogens is 218 g/mol. The van der Waals surface area contributed by atoms with E-state index in [2.05, 4.69) is 11.4 Å². The van der Waals surface area contributed by atoms with Gasteiger partial charge in [0.05, 0.1) is 0 Å². The SMILES string of the molecule is CCC(CC)(NC(=O)C1CC=CCC1)C(=O)O. The highest BCUT2D eigenvalue weighted by molar-refractivity contribution is 5.88. The highest BCUT2D eigenvalue weighted by atomic mass is 16.4. The van der Waals surface area contributed by atoms with Gasteiger partial charge >= 0.3 is 5.97 Å². The zero-order valence-corrected chi connectivity index (χ0v) is 10.5. The molecule has 0 bridgehead atoms. The van der Waals surface area contributed by atoms with Crippen LogP contribution in [0.2, 0.25) is 0 Å². The highest BCUT2D eigenvalue weighted by Gasteiger charge is 2.37. The number of aliphatic carboxylic acids is 1. The van der Waals surface area contributed by atoms with Gasteiger partial charge in [-0.2, -0.15) is 0 Å². The van der Waals surface area contributed by atoms with Crippen molar-refractivity contribution in [1.82, 2.24) is 5.32 Å². The predicted octanol–water partition coefficient (Wildman–Crippen LogP) is 2.10. The minimum atomic E-state index is -1.10. The first kappa shape index (κ1) is 13.7. The van der Waals surface area contributed by atoms with Crippen molar-refractivity contribution < 1.29 is 14.7 Å². The third-order valence-corrected chi connectivity index (χ3v) is 3.62. The summed E-state index contributed by atoms with van der Waals surface area (Å²) in [5, 5.41) is 12.0. The lowest BCUT2D eigenvalue weighted by atomic mass is 9.89. The van der Waals surface area contributed by atoms with Gasteiger partial charge in [-0.15, -0.1) is 0 Å². The van der Waals surface area contributed by atoms with E-state index in [9.17, 15) is 14.7 Å². The molecule has 1 amide bonds. The Hall–Kier alpha value is -1.32. The quantitative estimate of drug-likeness (QED) is 0.722. The second-order valence-electron chi connectivity index (χ2n) is 4.56. The first-order chi connectivity index (χ1) is 8.05. The Morgan fingerprint density at radius 1 is 1.35 bits per heavy atom. The van der Waals surface area contributed by atoms with Crippen LogP contribution in [0.1, 0.15) is 46.0 Å². The van der Waals surface area contributed by atoms with Gasteiger partial charge in [-0.05, 0) is 32.1 Å². The molecule has 0 saturated carbocycles. The van der Waals surface area contributed by atoms with Gasteiger partial charge < -0.3 is 10.4 Å². The van der Waals surface area contributed by atoms with Crippen LogP contribution in [0.25, 0.3) is 0 Å². The Kier molecular flexibility index (Phi) is 4.73. The van der Waals surface area contributed by atoms with Crippen molar-refractivity contribution in [3.8, 4) is 0 Å². The molecule has 1 aliphatic rings. The maximum atomic E-state index is 12.0. The summed E-state index contributed by atoms with van der Waals surface area (Å²) < 4.78 is 0. The van der Waals surface area contributed by atoms with Gasteiger partial charge in [-0.3, -0.25) is 4.79 Å². The summed E-state index contributed by atoms with van der Waals surface area (Å²) in [4.78, 5) is 23.3. The highest BCUT2D eigenvalue weighted by Crippen LogP contribution is 2.21. The Morgan fingerprint density at radius 2 is 2.00 bits per heavy atom. The standard InChI is InChI=1S/C13H21NO3/c1-3-13(4-2,12(16)17)14-11(15)10-8-6-5-7-9-10/h5-6,10H,3-4,7-9H2,1-2H3,(H,14,15)(H,16,17). The number of carboxylic acids is 1. The number of carbonyl (C=O) groups excluding carboxylic acids is 1. The van der Waals surface area contributed by atoms with Crippen LogP contribution in [-0.2, 0) is 9.59 Å². The third-order valence-electron chi connectivity index (χ3n) is 3.62. The maximum Gasteiger partial charge on any atom is 0.329 e. The zero-order valence-electron chi connectivity index (χ0n) is 10.5. The van der Waals surface area contributed by atoms with Gasteiger partial charge in [0.1, 0.15) is 5.54 Å². The number of carbonyl (C=O) groups is 2. The fraction of sp³-hybridized carbons (Fsp3) is 0.692. The van der Waals surface area contributed by atoms with E-state index in [4.69, 9.17) is 0 Å². The molecule has 0 fully saturated rings. The maximum absolute atomic E-state index is 12.0. The van der Waals surface area contributed by atoms with Crippen molar-refractivity contribution in [2.75, 3.05) is 0 Å². The molecule has 0 spiro atoms. The van der Waals surface area contributed by atoms with Gasteiger partial charge in [0.25, 0.3) is 0 Å². The number of nitrogens with one attached hydrogen (secondary N) is 1. The minimum Gasteiger partial charge on any atom is -0.480 e. The first-order valence-corrected chi connectivity index (χ1v) is 6.26. The van der Waals surface area contributed by atoms with E-state index in [-0.39, 0.29) is 11.8 Å². The van der Waals surface area contributed by atoms with Crippen molar-refractivity contribution in [3.63, 3.8) is 0 Å². The number of carboxylic acid groups (broad SMARTS) is 1. The van der Waals surface area contributed by atoms with Crippen LogP contribution in [0.4, 0.5) is 0 Å². The fourth-order valence-corrected chi connectivity index (χ4v) is 2.15. The van der Waals surface area contributed by atoms with Gasteiger partial charge in [0.2, 0.25) is 5.91 Å². The van der Waals surface area contributed by atoms with Crippen molar-refractivity contribution in [3.05, 3.63) is 12.2 Å². The second-order valence-corrected chi connectivity index (χ2v) is 4.56. The van der Waals surface area contributed by atoms with Crippen LogP contribution in [-0.4, -0.2) is 22.5 Å². The molecule has 0 aromatic rings. The monoisotopic (exact) mass is 239 g/mol. The largest absolute Gasteiger partial charge is 0.480 e. The molecule has 0 aromatic heterocycles. The summed E-state index contributed by atoms with van der Waals surface area (Å²) in [5.41, 5.74) is -1.10. The molecule has 2 N–H and O–H groups in total. The number of hydrogen-bond donors (Lipinski definition) is 2. The molecular formula is C13H21NO3. The van der Waals surface area contributed by atoms with Crippen LogP contribution < -0.4 is 5.32 Å². The lowest BCUT2D eigenvalue weighted by Crippen LogP contribution is -2.55. The Bertz CT molecular complexity index is 319. The van der Waals surface area contributed by atoms with E-state index < -0.39 is 11.5 Å². The van der Waals surface area contributed by atoms with Gasteiger partial charge in [0, 0.05) is 5.92 Å². The Balaban J connectivity index is 2.70. The topological polar surface area (TPSA) is 66.4 Å². The first-order valence-electron chi connectivity index (χ1n) is 6.26. The van der Waals surface area contributed by atoms with Crippen LogP contribution >= 0.6 is 0 Å². The normalized spacial score (nSPS) is 20.0. The van der Waals surface area contributed by atoms with Crippen molar-refractivity contribution in [1.29, 1.82) is 0 Å². The number of amides is 1. The molecule has 4 heteroatoms. The van der Waals surface area contributed by atoms with Crippen molar-refractivity contribution in [2.24, 2.45) is 5.92 Å². The number of allylic oxidation sites excluding steroid dienone is 2. The molecule has 0 saturated heterocycles. The van der Waals surface area contributed by atoms with Gasteiger partial charge in [0.15, 0.2) is 0 Å². The van der Waals surface area contributed by atoms with Crippen LogP contribution in [0, 0.1) is 5.92 Å². The lowest BCUT2D eigenvalue weighted by molar-refractivity contribution is -0.148. The summed E-state index contributed by atoms with van der Waals surface area (Å²) >= 11 is 0. The van der Waals surface area contributed by atoms with E-state index in [0.29, 0.717) is 12.8 Å². The molecule has 0 aromatic carbocycles. The van der Waals surface area contributed by atoms with E-state index in [1.54, 1.807) is 13.8 Å². The lowest BCUT2D eigenvalue weighted by Gasteiger charge is -2.30. The number of hydrogen-bond acceptors (Lipinski definition) is 2. The van der Waals surface area contributed by atoms with Gasteiger partial charge in [-0.1, -0.05) is 26.0 Å². The predicted molar refractivity (Wildman–Crippen MR) is 65.6 cm³/mol. The van der Waals surface area contributed by atoms with E-state index in [0.717, 1.165) is 19.3 Å². The molecule has 0 radical (unpaired) electrons. The molecule has 4 nitrogen and oxygen atoms in total. The van der Waals surface area contributed by atoms with Crippen LogP contribution in [0.5, 0.6) is 0 Å². The summed E-state index contributed by atoms with van der Waals surface area (Å²) in [6.45, 7) is 3.58. The minimum absolute atomic E-state index is 0.0724. The van der Waals surface area contributed by atoms with E-state index >= 15 is 0 Å². The van der Waals surface area contributed by atoms with Gasteiger partial charge in [-0.25, -0.2) is 4.79 Å². The van der Waals surface area contributed by atoms with Crippen LogP contribution in [0.15, 0.2) is 12.2 Å². The average molecular weight is 239 g/mol. The second kappa shape index (κ2) is 5.84. The van der Waals surface area contributed by atoms with Crippen molar-refractivity contribution >= 4 is 11.9 Å². The van der Waals surface area contributed by atoms with Crippen LogP contribution in [0.3, 0.4) is 0 Å². The summed E-state index contributed by atoms with van der Waals surface area (Å²) in [7, 11) is 0. The molecule has 17 heavy (non-hydrogen) atoms. The van der Waals surface area contributed by atoms with E-state index in [1.807, 2.05) is 6.08 Å². The molecule has 1 aliphatic carbocycles. The number of rotatable bonds is 5. The fourth-order valence-electron chi connectivity index (χ4n) is 2.15. The molecule has 0 aliphatic heterocycles. The smallest absolute Gasteiger partial charge is 0.329 e. The molecule has 0 heterocycles. The molecule has 1 unspecified atom stereocenters.